The van der Waals surface area contributed by atoms with Gasteiger partial charge < -0.3 is 29.8 Å². The molecule has 12 heteroatoms. The average Bonchev–Trinajstić information content (AvgIpc) is 3.66. The molecule has 0 saturated carbocycles. The number of ether oxygens (including phenoxy) is 1. The van der Waals surface area contributed by atoms with Crippen molar-refractivity contribution in [2.24, 2.45) is 0 Å². The molecule has 1 fully saturated rings. The third kappa shape index (κ3) is 6.14. The lowest BCUT2D eigenvalue weighted by Crippen LogP contribution is -2.41. The summed E-state index contributed by atoms with van der Waals surface area (Å²) in [6.45, 7) is 0.199. The number of amides is 2. The molecule has 5 aromatic rings. The van der Waals surface area contributed by atoms with Crippen molar-refractivity contribution in [3.05, 3.63) is 88.0 Å². The van der Waals surface area contributed by atoms with Crippen molar-refractivity contribution < 1.29 is 24.2 Å². The van der Waals surface area contributed by atoms with Crippen LogP contribution in [0.5, 0.6) is 5.88 Å². The summed E-state index contributed by atoms with van der Waals surface area (Å²) in [5, 5.41) is 14.4. The first kappa shape index (κ1) is 31.1. The van der Waals surface area contributed by atoms with Crippen LogP contribution in [-0.2, 0) is 22.6 Å². The van der Waals surface area contributed by atoms with Crippen molar-refractivity contribution in [1.29, 1.82) is 0 Å². The molecule has 1 atom stereocenters. The van der Waals surface area contributed by atoms with Crippen molar-refractivity contribution in [2.45, 2.75) is 31.8 Å². The molecule has 4 heterocycles. The molecule has 0 unspecified atom stereocenters. The Bertz CT molecular complexity index is 1980. The standard InChI is InChI=1S/C34H29Cl2N5O5/c1-46-33-20(17-41(34(44)45)18-21-9-13-29(43)38-21)8-11-28(40-33)26-7-3-5-24(31(26)36)23-4-2-6-25(30(23)35)27-12-10-22-19(14-15-42)16-37-32(22)39-27/h2-8,10-12,15-16,21H,9,13-14,17-18H2,1H3,(H,37,39)(H,38,43)(H,44,45)/t21-/m0/s1. The Morgan fingerprint density at radius 3 is 2.24 bits per heavy atom. The van der Waals surface area contributed by atoms with E-state index in [1.54, 1.807) is 18.3 Å². The molecule has 6 rings (SSSR count). The van der Waals surface area contributed by atoms with E-state index in [0.717, 1.165) is 22.8 Å². The van der Waals surface area contributed by atoms with Crippen LogP contribution in [0.4, 0.5) is 4.79 Å². The van der Waals surface area contributed by atoms with E-state index >= 15 is 0 Å². The number of carbonyl (C=O) groups excluding carboxylic acids is 2. The predicted octanol–water partition coefficient (Wildman–Crippen LogP) is 6.77. The van der Waals surface area contributed by atoms with Gasteiger partial charge in [-0.1, -0.05) is 59.6 Å². The third-order valence-electron chi connectivity index (χ3n) is 8.06. The number of pyridine rings is 2. The SMILES string of the molecule is COc1nc(-c2cccc(-c3cccc(-c4ccc5c(CC=O)c[nH]c5n4)c3Cl)c2Cl)ccc1CN(C[C@@H]1CCC(=O)N1)C(=O)O. The number of aromatic amines is 1. The van der Waals surface area contributed by atoms with Gasteiger partial charge in [-0.2, -0.15) is 0 Å². The largest absolute Gasteiger partial charge is 0.481 e. The van der Waals surface area contributed by atoms with Crippen molar-refractivity contribution in [1.82, 2.24) is 25.2 Å². The first-order valence-electron chi connectivity index (χ1n) is 14.6. The maximum absolute atomic E-state index is 12.0. The molecule has 0 spiro atoms. The fourth-order valence-electron chi connectivity index (χ4n) is 5.76. The van der Waals surface area contributed by atoms with E-state index in [1.165, 1.54) is 12.0 Å². The van der Waals surface area contributed by atoms with Crippen LogP contribution in [0.3, 0.4) is 0 Å². The Kier molecular flexibility index (Phi) is 8.92. The number of carboxylic acid groups (broad SMARTS) is 1. The van der Waals surface area contributed by atoms with Gasteiger partial charge in [0.25, 0.3) is 0 Å². The van der Waals surface area contributed by atoms with Gasteiger partial charge in [0.05, 0.1) is 35.1 Å². The van der Waals surface area contributed by atoms with Crippen LogP contribution in [0, 0.1) is 0 Å². The van der Waals surface area contributed by atoms with Crippen molar-refractivity contribution >= 4 is 52.5 Å². The summed E-state index contributed by atoms with van der Waals surface area (Å²) < 4.78 is 5.57. The van der Waals surface area contributed by atoms with Crippen LogP contribution >= 0.6 is 23.2 Å². The number of carbonyl (C=O) groups is 3. The maximum atomic E-state index is 12.0. The van der Waals surface area contributed by atoms with Gasteiger partial charge >= 0.3 is 6.09 Å². The number of hydrogen-bond acceptors (Lipinski definition) is 6. The van der Waals surface area contributed by atoms with E-state index in [9.17, 15) is 19.5 Å². The molecular formula is C34H29Cl2N5O5. The molecule has 3 N–H and O–H groups in total. The van der Waals surface area contributed by atoms with Gasteiger partial charge in [0.1, 0.15) is 11.9 Å². The normalized spacial score (nSPS) is 14.3. The first-order chi connectivity index (χ1) is 22.3. The van der Waals surface area contributed by atoms with Crippen LogP contribution < -0.4 is 10.1 Å². The van der Waals surface area contributed by atoms with Gasteiger partial charge in [-0.05, 0) is 36.2 Å². The average molecular weight is 659 g/mol. The van der Waals surface area contributed by atoms with E-state index in [0.29, 0.717) is 68.6 Å². The van der Waals surface area contributed by atoms with Crippen molar-refractivity contribution in [3.63, 3.8) is 0 Å². The minimum atomic E-state index is -1.10. The molecule has 0 bridgehead atoms. The minimum absolute atomic E-state index is 0.0367. The lowest BCUT2D eigenvalue weighted by molar-refractivity contribution is -0.119. The molecule has 2 aromatic carbocycles. The number of fused-ring (bicyclic) bond motifs is 1. The zero-order valence-corrected chi connectivity index (χ0v) is 26.2. The van der Waals surface area contributed by atoms with Crippen LogP contribution in [0.1, 0.15) is 24.0 Å². The van der Waals surface area contributed by atoms with Gasteiger partial charge in [0.15, 0.2) is 0 Å². The highest BCUT2D eigenvalue weighted by Gasteiger charge is 2.26. The van der Waals surface area contributed by atoms with E-state index < -0.39 is 6.09 Å². The number of nitrogens with one attached hydrogen (secondary N) is 2. The van der Waals surface area contributed by atoms with Gasteiger partial charge in [0.2, 0.25) is 11.8 Å². The molecule has 1 aliphatic rings. The van der Waals surface area contributed by atoms with Gasteiger partial charge in [-0.15, -0.1) is 0 Å². The fraction of sp³-hybridized carbons (Fsp3) is 0.206. The van der Waals surface area contributed by atoms with Crippen molar-refractivity contribution in [3.8, 4) is 39.5 Å². The zero-order valence-electron chi connectivity index (χ0n) is 24.7. The molecule has 10 nitrogen and oxygen atoms in total. The van der Waals surface area contributed by atoms with Crippen LogP contribution in [0.2, 0.25) is 10.0 Å². The Hall–Kier alpha value is -4.93. The van der Waals surface area contributed by atoms with Crippen LogP contribution in [0.15, 0.2) is 66.9 Å². The summed E-state index contributed by atoms with van der Waals surface area (Å²) >= 11 is 14.0. The first-order valence-corrected chi connectivity index (χ1v) is 15.3. The van der Waals surface area contributed by atoms with Gasteiger partial charge in [-0.25, -0.2) is 14.8 Å². The van der Waals surface area contributed by atoms with Crippen molar-refractivity contribution in [2.75, 3.05) is 13.7 Å². The van der Waals surface area contributed by atoms with E-state index in [1.807, 2.05) is 48.5 Å². The second kappa shape index (κ2) is 13.2. The molecule has 0 aliphatic carbocycles. The lowest BCUT2D eigenvalue weighted by atomic mass is 9.98. The monoisotopic (exact) mass is 657 g/mol. The highest BCUT2D eigenvalue weighted by molar-refractivity contribution is 6.39. The number of rotatable bonds is 10. The number of aromatic nitrogens is 3. The summed E-state index contributed by atoms with van der Waals surface area (Å²) in [5.74, 6) is 0.189. The number of halogens is 2. The van der Waals surface area contributed by atoms with Gasteiger partial charge in [-0.3, -0.25) is 4.79 Å². The summed E-state index contributed by atoms with van der Waals surface area (Å²) in [6.07, 6.45) is 2.82. The van der Waals surface area contributed by atoms with Crippen LogP contribution in [0.25, 0.3) is 44.7 Å². The number of aldehydes is 1. The predicted molar refractivity (Wildman–Crippen MR) is 176 cm³/mol. The Morgan fingerprint density at radius 2 is 1.63 bits per heavy atom. The quantitative estimate of drug-likeness (QED) is 0.141. The Labute approximate surface area is 274 Å². The zero-order chi connectivity index (χ0) is 32.4. The highest BCUT2D eigenvalue weighted by atomic mass is 35.5. The van der Waals surface area contributed by atoms with Crippen LogP contribution in [-0.4, -0.2) is 62.9 Å². The molecule has 1 saturated heterocycles. The molecule has 46 heavy (non-hydrogen) atoms. The maximum Gasteiger partial charge on any atom is 0.407 e. The number of benzene rings is 2. The molecule has 234 valence electrons. The smallest absolute Gasteiger partial charge is 0.407 e. The molecule has 2 amide bonds. The fourth-order valence-corrected chi connectivity index (χ4v) is 6.41. The van der Waals surface area contributed by atoms with E-state index in [-0.39, 0.29) is 30.9 Å². The molecule has 1 aliphatic heterocycles. The topological polar surface area (TPSA) is 138 Å². The third-order valence-corrected chi connectivity index (χ3v) is 8.87. The Morgan fingerprint density at radius 1 is 0.978 bits per heavy atom. The Balaban J connectivity index is 1.30. The number of nitrogens with zero attached hydrogens (tertiary/aromatic N) is 3. The summed E-state index contributed by atoms with van der Waals surface area (Å²) in [5.41, 5.74) is 6.09. The summed E-state index contributed by atoms with van der Waals surface area (Å²) in [6, 6.07) is 18.3. The number of methoxy groups -OCH3 is 1. The summed E-state index contributed by atoms with van der Waals surface area (Å²) in [4.78, 5) is 48.4. The second-order valence-electron chi connectivity index (χ2n) is 10.9. The lowest BCUT2D eigenvalue weighted by Gasteiger charge is -2.23. The van der Waals surface area contributed by atoms with E-state index in [4.69, 9.17) is 32.9 Å². The summed E-state index contributed by atoms with van der Waals surface area (Å²) in [7, 11) is 1.48. The molecule has 3 aromatic heterocycles. The van der Waals surface area contributed by atoms with Gasteiger partial charge in [0, 0.05) is 64.8 Å². The number of hydrogen-bond donors (Lipinski definition) is 3. The minimum Gasteiger partial charge on any atom is -0.481 e. The van der Waals surface area contributed by atoms with E-state index in [2.05, 4.69) is 15.3 Å². The second-order valence-corrected chi connectivity index (χ2v) is 11.7. The highest BCUT2D eigenvalue weighted by Crippen LogP contribution is 2.42. The molecule has 0 radical (unpaired) electrons. The number of H-pyrrole nitrogens is 1. The molecular weight excluding hydrogens is 629 g/mol.